The number of aromatic hydroxyl groups is 1. The number of H-pyrrole nitrogens is 1. The van der Waals surface area contributed by atoms with Gasteiger partial charge in [0.15, 0.2) is 0 Å². The molecule has 0 aliphatic carbocycles. The molecule has 2 heterocycles. The number of aromatic amines is 1. The molecule has 0 radical (unpaired) electrons. The third kappa shape index (κ3) is 1.46. The van der Waals surface area contributed by atoms with E-state index in [1.165, 1.54) is 6.07 Å². The molecule has 5 heteroatoms. The first-order chi connectivity index (χ1) is 8.58. The van der Waals surface area contributed by atoms with Gasteiger partial charge >= 0.3 is 0 Å². The second-order valence-electron chi connectivity index (χ2n) is 4.12. The topological polar surface area (TPSA) is 66.0 Å². The Bertz CT molecular complexity index is 840. The number of aryl methyl sites for hydroxylation is 1. The van der Waals surface area contributed by atoms with Crippen LogP contribution in [-0.2, 0) is 0 Å². The molecule has 3 rings (SSSR count). The summed E-state index contributed by atoms with van der Waals surface area (Å²) in [6.07, 6.45) is 1.68. The van der Waals surface area contributed by atoms with Gasteiger partial charge < -0.3 is 10.1 Å². The molecule has 3 aromatic rings. The molecule has 2 N–H and O–H groups in total. The van der Waals surface area contributed by atoms with Crippen molar-refractivity contribution in [3.05, 3.63) is 45.5 Å². The van der Waals surface area contributed by atoms with Crippen LogP contribution in [0.3, 0.4) is 0 Å². The maximum absolute atomic E-state index is 12.0. The fourth-order valence-corrected chi connectivity index (χ4v) is 2.27. The lowest BCUT2D eigenvalue weighted by Gasteiger charge is -2.06. The van der Waals surface area contributed by atoms with E-state index in [2.05, 4.69) is 9.97 Å². The Labute approximate surface area is 107 Å². The van der Waals surface area contributed by atoms with E-state index in [0.29, 0.717) is 16.3 Å². The first-order valence-corrected chi connectivity index (χ1v) is 5.75. The van der Waals surface area contributed by atoms with Crippen LogP contribution in [0.2, 0.25) is 5.02 Å². The number of rotatable bonds is 0. The van der Waals surface area contributed by atoms with Gasteiger partial charge in [-0.3, -0.25) is 9.78 Å². The van der Waals surface area contributed by atoms with Gasteiger partial charge in [-0.25, -0.2) is 0 Å². The van der Waals surface area contributed by atoms with Gasteiger partial charge in [0, 0.05) is 11.6 Å². The number of benzene rings is 1. The van der Waals surface area contributed by atoms with Crippen molar-refractivity contribution in [1.29, 1.82) is 0 Å². The lowest BCUT2D eigenvalue weighted by molar-refractivity contribution is 0.476. The molecule has 0 aliphatic rings. The maximum Gasteiger partial charge on any atom is 0.256 e. The van der Waals surface area contributed by atoms with Gasteiger partial charge in [-0.1, -0.05) is 11.6 Å². The van der Waals surface area contributed by atoms with Gasteiger partial charge in [0.2, 0.25) is 0 Å². The molecule has 1 aromatic carbocycles. The van der Waals surface area contributed by atoms with Gasteiger partial charge in [0.25, 0.3) is 5.56 Å². The Hall–Kier alpha value is -2.07. The van der Waals surface area contributed by atoms with Crippen molar-refractivity contribution in [2.45, 2.75) is 6.92 Å². The van der Waals surface area contributed by atoms with Crippen LogP contribution in [0, 0.1) is 6.92 Å². The van der Waals surface area contributed by atoms with E-state index >= 15 is 0 Å². The fraction of sp³-hybridized carbons (Fsp3) is 0.0769. The van der Waals surface area contributed by atoms with Gasteiger partial charge in [-0.05, 0) is 30.5 Å². The van der Waals surface area contributed by atoms with E-state index in [1.54, 1.807) is 12.3 Å². The van der Waals surface area contributed by atoms with Crippen molar-refractivity contribution in [3.8, 4) is 5.75 Å². The zero-order valence-corrected chi connectivity index (χ0v) is 10.2. The summed E-state index contributed by atoms with van der Waals surface area (Å²) in [5.74, 6) is -0.0974. The molecule has 4 nitrogen and oxygen atoms in total. The van der Waals surface area contributed by atoms with E-state index in [-0.39, 0.29) is 16.3 Å². The molecule has 0 saturated heterocycles. The number of phenolic OH excluding ortho intramolecular Hbond substituents is 1. The zero-order chi connectivity index (χ0) is 12.9. The molecular weight excluding hydrogens is 252 g/mol. The van der Waals surface area contributed by atoms with Gasteiger partial charge in [-0.15, -0.1) is 0 Å². The quantitative estimate of drug-likeness (QED) is 0.611. The van der Waals surface area contributed by atoms with Crippen molar-refractivity contribution in [1.82, 2.24) is 9.97 Å². The molecule has 0 fully saturated rings. The standard InChI is InChI=1S/C13H9ClN2O2/c1-6-12-7(2-3-15-6)8-4-10(14)11(17)5-9(8)13(18)16-12/h2-5,17H,1H3,(H,16,18). The summed E-state index contributed by atoms with van der Waals surface area (Å²) in [5, 5.41) is 11.8. The highest BCUT2D eigenvalue weighted by atomic mass is 35.5. The van der Waals surface area contributed by atoms with Gasteiger partial charge in [0.05, 0.1) is 21.6 Å². The van der Waals surface area contributed by atoms with Crippen LogP contribution >= 0.6 is 11.6 Å². The van der Waals surface area contributed by atoms with E-state index in [9.17, 15) is 9.90 Å². The van der Waals surface area contributed by atoms with E-state index < -0.39 is 0 Å². The number of aromatic nitrogens is 2. The summed E-state index contributed by atoms with van der Waals surface area (Å²) in [6.45, 7) is 1.83. The van der Waals surface area contributed by atoms with E-state index in [4.69, 9.17) is 11.6 Å². The van der Waals surface area contributed by atoms with E-state index in [0.717, 1.165) is 11.1 Å². The number of hydrogen-bond acceptors (Lipinski definition) is 3. The lowest BCUT2D eigenvalue weighted by atomic mass is 10.1. The zero-order valence-electron chi connectivity index (χ0n) is 9.49. The summed E-state index contributed by atoms with van der Waals surface area (Å²) in [6, 6.07) is 4.79. The van der Waals surface area contributed by atoms with Crippen LogP contribution in [0.5, 0.6) is 5.75 Å². The molecule has 0 saturated carbocycles. The van der Waals surface area contributed by atoms with E-state index in [1.807, 2.05) is 13.0 Å². The molecule has 0 aliphatic heterocycles. The SMILES string of the molecule is Cc1nccc2c1[nH]c(=O)c1cc(O)c(Cl)cc12. The Morgan fingerprint density at radius 1 is 1.28 bits per heavy atom. The van der Waals surface area contributed by atoms with Crippen LogP contribution in [-0.4, -0.2) is 15.1 Å². The molecule has 0 bridgehead atoms. The number of hydrogen-bond donors (Lipinski definition) is 2. The summed E-state index contributed by atoms with van der Waals surface area (Å²) in [7, 11) is 0. The molecular formula is C13H9ClN2O2. The van der Waals surface area contributed by atoms with Gasteiger partial charge in [-0.2, -0.15) is 0 Å². The predicted molar refractivity (Wildman–Crippen MR) is 71.3 cm³/mol. The van der Waals surface area contributed by atoms with Gasteiger partial charge in [0.1, 0.15) is 5.75 Å². The Morgan fingerprint density at radius 2 is 2.06 bits per heavy atom. The Morgan fingerprint density at radius 3 is 2.83 bits per heavy atom. The third-order valence-electron chi connectivity index (χ3n) is 3.00. The summed E-state index contributed by atoms with van der Waals surface area (Å²) in [4.78, 5) is 18.9. The predicted octanol–water partition coefficient (Wildman–Crippen LogP) is 2.74. The fourth-order valence-electron chi connectivity index (χ4n) is 2.10. The van der Waals surface area contributed by atoms with Crippen LogP contribution in [0.15, 0.2) is 29.2 Å². The highest BCUT2D eigenvalue weighted by Crippen LogP contribution is 2.31. The minimum absolute atomic E-state index is 0.0974. The minimum atomic E-state index is -0.263. The molecule has 0 amide bonds. The molecule has 0 unspecified atom stereocenters. The minimum Gasteiger partial charge on any atom is -0.506 e. The largest absolute Gasteiger partial charge is 0.506 e. The third-order valence-corrected chi connectivity index (χ3v) is 3.30. The van der Waals surface area contributed by atoms with Crippen molar-refractivity contribution in [2.75, 3.05) is 0 Å². The highest BCUT2D eigenvalue weighted by molar-refractivity contribution is 6.33. The molecule has 2 aromatic heterocycles. The number of phenols is 1. The molecule has 90 valence electrons. The number of pyridine rings is 2. The molecule has 18 heavy (non-hydrogen) atoms. The smallest absolute Gasteiger partial charge is 0.256 e. The second kappa shape index (κ2) is 3.71. The van der Waals surface area contributed by atoms with Crippen LogP contribution in [0.1, 0.15) is 5.69 Å². The molecule has 0 spiro atoms. The summed E-state index contributed by atoms with van der Waals surface area (Å²) < 4.78 is 0. The van der Waals surface area contributed by atoms with Crippen molar-refractivity contribution in [3.63, 3.8) is 0 Å². The number of nitrogens with one attached hydrogen (secondary N) is 1. The number of fused-ring (bicyclic) bond motifs is 3. The maximum atomic E-state index is 12.0. The lowest BCUT2D eigenvalue weighted by Crippen LogP contribution is -2.07. The van der Waals surface area contributed by atoms with Crippen molar-refractivity contribution < 1.29 is 5.11 Å². The normalized spacial score (nSPS) is 11.2. The van der Waals surface area contributed by atoms with Crippen LogP contribution in [0.4, 0.5) is 0 Å². The molecule has 0 atom stereocenters. The van der Waals surface area contributed by atoms with Crippen molar-refractivity contribution in [2.24, 2.45) is 0 Å². The number of halogens is 1. The Kier molecular flexibility index (Phi) is 2.28. The average molecular weight is 261 g/mol. The highest BCUT2D eigenvalue weighted by Gasteiger charge is 2.10. The number of nitrogens with zero attached hydrogens (tertiary/aromatic N) is 1. The summed E-state index contributed by atoms with van der Waals surface area (Å²) >= 11 is 5.90. The summed E-state index contributed by atoms with van der Waals surface area (Å²) in [5.41, 5.74) is 1.17. The van der Waals surface area contributed by atoms with Crippen LogP contribution in [0.25, 0.3) is 21.7 Å². The average Bonchev–Trinajstić information content (AvgIpc) is 2.33. The second-order valence-corrected chi connectivity index (χ2v) is 4.53. The first kappa shape index (κ1) is 11.0. The van der Waals surface area contributed by atoms with Crippen molar-refractivity contribution >= 4 is 33.3 Å². The first-order valence-electron chi connectivity index (χ1n) is 5.38. The Balaban J connectivity index is 2.66. The van der Waals surface area contributed by atoms with Crippen LogP contribution < -0.4 is 5.56 Å². The monoisotopic (exact) mass is 260 g/mol.